The van der Waals surface area contributed by atoms with Crippen LogP contribution in [0.1, 0.15) is 22.9 Å². The summed E-state index contributed by atoms with van der Waals surface area (Å²) in [5, 5.41) is 0.109. The number of aromatic nitrogens is 1. The first kappa shape index (κ1) is 13.2. The quantitative estimate of drug-likeness (QED) is 0.867. The third kappa shape index (κ3) is 2.85. The Morgan fingerprint density at radius 3 is 2.80 bits per heavy atom. The Hall–Kier alpha value is -1.81. The third-order valence-corrected chi connectivity index (χ3v) is 4.64. The first-order chi connectivity index (χ1) is 9.84. The van der Waals surface area contributed by atoms with Crippen molar-refractivity contribution in [2.75, 3.05) is 5.75 Å². The summed E-state index contributed by atoms with van der Waals surface area (Å²) in [6, 6.07) is 14.2. The van der Waals surface area contributed by atoms with Crippen LogP contribution in [0.15, 0.2) is 54.9 Å². The largest absolute Gasteiger partial charge is 0.322 e. The molecule has 1 atom stereocenters. The Morgan fingerprint density at radius 1 is 1.20 bits per heavy atom. The summed E-state index contributed by atoms with van der Waals surface area (Å²) in [7, 11) is 0. The third-order valence-electron chi connectivity index (χ3n) is 3.36. The van der Waals surface area contributed by atoms with Crippen LogP contribution in [-0.4, -0.2) is 21.5 Å². The number of carbonyl (C=O) groups excluding carboxylic acids is 1. The molecule has 0 bridgehead atoms. The van der Waals surface area contributed by atoms with E-state index < -0.39 is 0 Å². The number of rotatable bonds is 3. The van der Waals surface area contributed by atoms with E-state index in [2.05, 4.69) is 17.1 Å². The molecule has 20 heavy (non-hydrogen) atoms. The van der Waals surface area contributed by atoms with Gasteiger partial charge in [0, 0.05) is 31.1 Å². The van der Waals surface area contributed by atoms with Crippen molar-refractivity contribution < 1.29 is 4.79 Å². The number of benzene rings is 1. The summed E-state index contributed by atoms with van der Waals surface area (Å²) in [6.45, 7) is 0.624. The van der Waals surface area contributed by atoms with Crippen molar-refractivity contribution >= 4 is 17.7 Å². The van der Waals surface area contributed by atoms with Crippen molar-refractivity contribution in [3.8, 4) is 0 Å². The van der Waals surface area contributed by atoms with E-state index in [0.717, 1.165) is 11.3 Å². The van der Waals surface area contributed by atoms with Gasteiger partial charge in [0.25, 0.3) is 0 Å². The molecule has 0 N–H and O–H groups in total. The average Bonchev–Trinajstić information content (AvgIpc) is 2.51. The summed E-state index contributed by atoms with van der Waals surface area (Å²) >= 11 is 1.83. The Labute approximate surface area is 123 Å². The zero-order chi connectivity index (χ0) is 13.8. The molecule has 0 spiro atoms. The van der Waals surface area contributed by atoms with E-state index in [4.69, 9.17) is 0 Å². The minimum Gasteiger partial charge on any atom is -0.322 e. The molecule has 1 saturated heterocycles. The lowest BCUT2D eigenvalue weighted by molar-refractivity contribution is -0.132. The molecule has 0 saturated carbocycles. The van der Waals surface area contributed by atoms with E-state index in [-0.39, 0.29) is 11.3 Å². The van der Waals surface area contributed by atoms with Crippen LogP contribution in [-0.2, 0) is 11.3 Å². The SMILES string of the molecule is O=C1CCSC(c2ccccc2)N1Cc1cccnc1. The van der Waals surface area contributed by atoms with Gasteiger partial charge in [0.2, 0.25) is 5.91 Å². The van der Waals surface area contributed by atoms with Gasteiger partial charge in [-0.15, -0.1) is 11.8 Å². The minimum absolute atomic E-state index is 0.109. The molecule has 102 valence electrons. The van der Waals surface area contributed by atoms with Gasteiger partial charge in [-0.2, -0.15) is 0 Å². The number of amides is 1. The first-order valence-corrected chi connectivity index (χ1v) is 7.74. The van der Waals surface area contributed by atoms with Crippen LogP contribution in [0.25, 0.3) is 0 Å². The highest BCUT2D eigenvalue weighted by atomic mass is 32.2. The molecule has 2 heterocycles. The molecule has 4 heteroatoms. The fraction of sp³-hybridized carbons (Fsp3) is 0.250. The predicted molar refractivity (Wildman–Crippen MR) is 81.0 cm³/mol. The van der Waals surface area contributed by atoms with Gasteiger partial charge in [0.15, 0.2) is 0 Å². The van der Waals surface area contributed by atoms with Gasteiger partial charge in [0.1, 0.15) is 5.37 Å². The maximum absolute atomic E-state index is 12.3. The molecule has 1 aliphatic rings. The monoisotopic (exact) mass is 284 g/mol. The number of carbonyl (C=O) groups is 1. The Kier molecular flexibility index (Phi) is 4.02. The molecule has 0 radical (unpaired) electrons. The number of nitrogens with zero attached hydrogens (tertiary/aromatic N) is 2. The molecule has 3 nitrogen and oxygen atoms in total. The highest BCUT2D eigenvalue weighted by molar-refractivity contribution is 7.99. The van der Waals surface area contributed by atoms with Crippen LogP contribution in [0.2, 0.25) is 0 Å². The summed E-state index contributed by atoms with van der Waals surface area (Å²) in [5.41, 5.74) is 2.26. The van der Waals surface area contributed by atoms with Crippen LogP contribution in [0.5, 0.6) is 0 Å². The molecule has 1 aliphatic heterocycles. The normalized spacial score (nSPS) is 19.1. The zero-order valence-corrected chi connectivity index (χ0v) is 11.9. The Balaban J connectivity index is 1.86. The number of thioether (sulfide) groups is 1. The van der Waals surface area contributed by atoms with Crippen molar-refractivity contribution in [3.05, 3.63) is 66.0 Å². The maximum atomic E-state index is 12.3. The molecule has 1 amide bonds. The van der Waals surface area contributed by atoms with Crippen LogP contribution in [0.4, 0.5) is 0 Å². The fourth-order valence-electron chi connectivity index (χ4n) is 2.38. The lowest BCUT2D eigenvalue weighted by Crippen LogP contribution is -2.36. The second-order valence-corrected chi connectivity index (χ2v) is 5.95. The van der Waals surface area contributed by atoms with Crippen molar-refractivity contribution in [2.45, 2.75) is 18.3 Å². The van der Waals surface area contributed by atoms with E-state index in [1.165, 1.54) is 5.56 Å². The van der Waals surface area contributed by atoms with Crippen LogP contribution < -0.4 is 0 Å². The Bertz CT molecular complexity index is 574. The number of pyridine rings is 1. The average molecular weight is 284 g/mol. The molecule has 1 unspecified atom stereocenters. The van der Waals surface area contributed by atoms with E-state index in [1.54, 1.807) is 6.20 Å². The molecule has 3 rings (SSSR count). The molecule has 0 aliphatic carbocycles. The lowest BCUT2D eigenvalue weighted by Gasteiger charge is -2.35. The molecule has 1 fully saturated rings. The van der Waals surface area contributed by atoms with Crippen molar-refractivity contribution in [2.24, 2.45) is 0 Å². The second kappa shape index (κ2) is 6.09. The molecular formula is C16H16N2OS. The standard InChI is InChI=1S/C16H16N2OS/c19-15-8-10-20-16(14-6-2-1-3-7-14)18(15)12-13-5-4-9-17-11-13/h1-7,9,11,16H,8,10,12H2. The van der Waals surface area contributed by atoms with E-state index >= 15 is 0 Å². The van der Waals surface area contributed by atoms with Crippen LogP contribution in [0, 0.1) is 0 Å². The van der Waals surface area contributed by atoms with Crippen molar-refractivity contribution in [1.29, 1.82) is 0 Å². The van der Waals surface area contributed by atoms with E-state index in [1.807, 2.05) is 53.2 Å². The second-order valence-electron chi connectivity index (χ2n) is 4.77. The van der Waals surface area contributed by atoms with Crippen molar-refractivity contribution in [3.63, 3.8) is 0 Å². The highest BCUT2D eigenvalue weighted by Crippen LogP contribution is 2.37. The van der Waals surface area contributed by atoms with Crippen LogP contribution >= 0.6 is 11.8 Å². The molecule has 2 aromatic rings. The van der Waals surface area contributed by atoms with Gasteiger partial charge >= 0.3 is 0 Å². The Morgan fingerprint density at radius 2 is 2.05 bits per heavy atom. The minimum atomic E-state index is 0.109. The van der Waals surface area contributed by atoms with Gasteiger partial charge in [-0.1, -0.05) is 36.4 Å². The summed E-state index contributed by atoms with van der Waals surface area (Å²) in [4.78, 5) is 18.4. The van der Waals surface area contributed by atoms with Crippen LogP contribution in [0.3, 0.4) is 0 Å². The maximum Gasteiger partial charge on any atom is 0.224 e. The van der Waals surface area contributed by atoms with E-state index in [0.29, 0.717) is 13.0 Å². The number of hydrogen-bond acceptors (Lipinski definition) is 3. The van der Waals surface area contributed by atoms with Gasteiger partial charge < -0.3 is 4.90 Å². The van der Waals surface area contributed by atoms with Gasteiger partial charge in [0.05, 0.1) is 0 Å². The molecular weight excluding hydrogens is 268 g/mol. The predicted octanol–water partition coefficient (Wildman–Crippen LogP) is 3.25. The lowest BCUT2D eigenvalue weighted by atomic mass is 10.1. The molecule has 1 aromatic carbocycles. The smallest absolute Gasteiger partial charge is 0.224 e. The highest BCUT2D eigenvalue weighted by Gasteiger charge is 2.29. The van der Waals surface area contributed by atoms with Gasteiger partial charge in [-0.05, 0) is 17.2 Å². The van der Waals surface area contributed by atoms with E-state index in [9.17, 15) is 4.79 Å². The number of hydrogen-bond donors (Lipinski definition) is 0. The fourth-order valence-corrected chi connectivity index (χ4v) is 3.61. The van der Waals surface area contributed by atoms with Gasteiger partial charge in [-0.25, -0.2) is 0 Å². The molecule has 1 aromatic heterocycles. The zero-order valence-electron chi connectivity index (χ0n) is 11.1. The summed E-state index contributed by atoms with van der Waals surface area (Å²) in [6.07, 6.45) is 4.20. The first-order valence-electron chi connectivity index (χ1n) is 6.69. The van der Waals surface area contributed by atoms with Crippen molar-refractivity contribution in [1.82, 2.24) is 9.88 Å². The van der Waals surface area contributed by atoms with Gasteiger partial charge in [-0.3, -0.25) is 9.78 Å². The topological polar surface area (TPSA) is 33.2 Å². The summed E-state index contributed by atoms with van der Waals surface area (Å²) < 4.78 is 0. The summed E-state index contributed by atoms with van der Waals surface area (Å²) in [5.74, 6) is 1.11.